The molecule has 1 saturated heterocycles. The van der Waals surface area contributed by atoms with Crippen molar-refractivity contribution in [3.63, 3.8) is 0 Å². The van der Waals surface area contributed by atoms with Gasteiger partial charge in [0.15, 0.2) is 0 Å². The fourth-order valence-electron chi connectivity index (χ4n) is 2.82. The summed E-state index contributed by atoms with van der Waals surface area (Å²) in [6.07, 6.45) is 3.69. The third kappa shape index (κ3) is 3.26. The highest BCUT2D eigenvalue weighted by Gasteiger charge is 2.23. The molecule has 0 aromatic heterocycles. The summed E-state index contributed by atoms with van der Waals surface area (Å²) >= 11 is 0. The molecule has 2 heteroatoms. The van der Waals surface area contributed by atoms with Gasteiger partial charge in [-0.15, -0.1) is 0 Å². The number of hydrogen-bond acceptors (Lipinski definition) is 2. The summed E-state index contributed by atoms with van der Waals surface area (Å²) < 4.78 is 0. The SMILES string of the molecule is CCCNCC1CCN(c2ccccc2CC)C1. The molecule has 0 radical (unpaired) electrons. The van der Waals surface area contributed by atoms with Crippen LogP contribution in [-0.4, -0.2) is 26.2 Å². The van der Waals surface area contributed by atoms with E-state index in [1.165, 1.54) is 43.7 Å². The van der Waals surface area contributed by atoms with Crippen molar-refractivity contribution in [2.24, 2.45) is 5.92 Å². The van der Waals surface area contributed by atoms with Crippen LogP contribution in [0.4, 0.5) is 5.69 Å². The Bertz CT molecular complexity index is 362. The summed E-state index contributed by atoms with van der Waals surface area (Å²) in [7, 11) is 0. The normalized spacial score (nSPS) is 19.4. The summed E-state index contributed by atoms with van der Waals surface area (Å²) in [5.41, 5.74) is 2.94. The highest BCUT2D eigenvalue weighted by Crippen LogP contribution is 2.27. The summed E-state index contributed by atoms with van der Waals surface area (Å²) in [6.45, 7) is 9.24. The van der Waals surface area contributed by atoms with Gasteiger partial charge in [0.25, 0.3) is 0 Å². The van der Waals surface area contributed by atoms with Crippen LogP contribution in [-0.2, 0) is 6.42 Å². The second-order valence-corrected chi connectivity index (χ2v) is 5.29. The quantitative estimate of drug-likeness (QED) is 0.776. The molecule has 1 atom stereocenters. The molecule has 1 N–H and O–H groups in total. The monoisotopic (exact) mass is 246 g/mol. The zero-order valence-corrected chi connectivity index (χ0v) is 11.8. The lowest BCUT2D eigenvalue weighted by Gasteiger charge is -2.22. The first-order chi connectivity index (χ1) is 8.85. The minimum atomic E-state index is 0.821. The Kier molecular flexibility index (Phi) is 5.06. The summed E-state index contributed by atoms with van der Waals surface area (Å²) in [4.78, 5) is 2.57. The number of nitrogens with one attached hydrogen (secondary N) is 1. The van der Waals surface area contributed by atoms with E-state index in [-0.39, 0.29) is 0 Å². The lowest BCUT2D eigenvalue weighted by atomic mass is 10.1. The van der Waals surface area contributed by atoms with Crippen molar-refractivity contribution >= 4 is 5.69 Å². The fourth-order valence-corrected chi connectivity index (χ4v) is 2.82. The van der Waals surface area contributed by atoms with Crippen molar-refractivity contribution in [1.82, 2.24) is 5.32 Å². The first kappa shape index (κ1) is 13.4. The minimum absolute atomic E-state index is 0.821. The first-order valence-electron chi connectivity index (χ1n) is 7.38. The molecular weight excluding hydrogens is 220 g/mol. The highest BCUT2D eigenvalue weighted by atomic mass is 15.2. The third-order valence-electron chi connectivity index (χ3n) is 3.86. The summed E-state index contributed by atoms with van der Waals surface area (Å²) in [6, 6.07) is 8.86. The molecule has 1 fully saturated rings. The Morgan fingerprint density at radius 2 is 2.11 bits per heavy atom. The van der Waals surface area contributed by atoms with E-state index in [1.54, 1.807) is 0 Å². The number of nitrogens with zero attached hydrogens (tertiary/aromatic N) is 1. The van der Waals surface area contributed by atoms with Gasteiger partial charge in [-0.05, 0) is 49.9 Å². The lowest BCUT2D eigenvalue weighted by Crippen LogP contribution is -2.27. The maximum Gasteiger partial charge on any atom is 0.0398 e. The van der Waals surface area contributed by atoms with E-state index in [9.17, 15) is 0 Å². The van der Waals surface area contributed by atoms with Crippen LogP contribution in [0.25, 0.3) is 0 Å². The van der Waals surface area contributed by atoms with Gasteiger partial charge < -0.3 is 10.2 Å². The predicted octanol–water partition coefficient (Wildman–Crippen LogP) is 3.07. The molecule has 18 heavy (non-hydrogen) atoms. The molecule has 100 valence electrons. The Morgan fingerprint density at radius 3 is 2.89 bits per heavy atom. The van der Waals surface area contributed by atoms with E-state index >= 15 is 0 Å². The van der Waals surface area contributed by atoms with E-state index in [0.717, 1.165) is 18.9 Å². The van der Waals surface area contributed by atoms with Crippen molar-refractivity contribution in [3.8, 4) is 0 Å². The number of anilines is 1. The van der Waals surface area contributed by atoms with E-state index in [0.29, 0.717) is 0 Å². The molecule has 1 aliphatic heterocycles. The van der Waals surface area contributed by atoms with Crippen molar-refractivity contribution in [1.29, 1.82) is 0 Å². The van der Waals surface area contributed by atoms with Gasteiger partial charge in [0.2, 0.25) is 0 Å². The van der Waals surface area contributed by atoms with Crippen LogP contribution in [0.15, 0.2) is 24.3 Å². The van der Waals surface area contributed by atoms with E-state index in [1.807, 2.05) is 0 Å². The zero-order valence-electron chi connectivity index (χ0n) is 11.8. The second kappa shape index (κ2) is 6.79. The van der Waals surface area contributed by atoms with Crippen LogP contribution < -0.4 is 10.2 Å². The number of benzene rings is 1. The van der Waals surface area contributed by atoms with Crippen LogP contribution in [0.3, 0.4) is 0 Å². The molecular formula is C16H26N2. The number of para-hydroxylation sites is 1. The van der Waals surface area contributed by atoms with Gasteiger partial charge >= 0.3 is 0 Å². The second-order valence-electron chi connectivity index (χ2n) is 5.29. The Morgan fingerprint density at radius 1 is 1.28 bits per heavy atom. The van der Waals surface area contributed by atoms with Crippen LogP contribution in [0.1, 0.15) is 32.3 Å². The molecule has 0 saturated carbocycles. The lowest BCUT2D eigenvalue weighted by molar-refractivity contribution is 0.516. The Labute approximate surface area is 111 Å². The molecule has 0 spiro atoms. The topological polar surface area (TPSA) is 15.3 Å². The van der Waals surface area contributed by atoms with Gasteiger partial charge in [-0.3, -0.25) is 0 Å². The van der Waals surface area contributed by atoms with Gasteiger partial charge in [-0.2, -0.15) is 0 Å². The van der Waals surface area contributed by atoms with Gasteiger partial charge in [0.1, 0.15) is 0 Å². The van der Waals surface area contributed by atoms with Crippen LogP contribution in [0, 0.1) is 5.92 Å². The molecule has 2 nitrogen and oxygen atoms in total. The Balaban J connectivity index is 1.91. The van der Waals surface area contributed by atoms with Crippen molar-refractivity contribution in [3.05, 3.63) is 29.8 Å². The van der Waals surface area contributed by atoms with Gasteiger partial charge in [-0.1, -0.05) is 32.0 Å². The molecule has 1 heterocycles. The molecule has 0 aliphatic carbocycles. The maximum absolute atomic E-state index is 3.55. The zero-order chi connectivity index (χ0) is 12.8. The molecule has 1 aromatic rings. The molecule has 1 aliphatic rings. The van der Waals surface area contributed by atoms with E-state index in [4.69, 9.17) is 0 Å². The van der Waals surface area contributed by atoms with Crippen LogP contribution in [0.5, 0.6) is 0 Å². The molecule has 2 rings (SSSR count). The van der Waals surface area contributed by atoms with Crippen LogP contribution >= 0.6 is 0 Å². The number of rotatable bonds is 6. The standard InChI is InChI=1S/C16H26N2/c1-3-10-17-12-14-9-11-18(13-14)16-8-6-5-7-15(16)4-2/h5-8,14,17H,3-4,9-13H2,1-2H3. The largest absolute Gasteiger partial charge is 0.371 e. The van der Waals surface area contributed by atoms with Gasteiger partial charge in [0.05, 0.1) is 0 Å². The van der Waals surface area contributed by atoms with E-state index in [2.05, 4.69) is 48.3 Å². The molecule has 0 bridgehead atoms. The average molecular weight is 246 g/mol. The molecule has 1 aromatic carbocycles. The number of hydrogen-bond donors (Lipinski definition) is 1. The highest BCUT2D eigenvalue weighted by molar-refractivity contribution is 5.54. The fraction of sp³-hybridized carbons (Fsp3) is 0.625. The molecule has 0 amide bonds. The van der Waals surface area contributed by atoms with Gasteiger partial charge in [-0.25, -0.2) is 0 Å². The third-order valence-corrected chi connectivity index (χ3v) is 3.86. The van der Waals surface area contributed by atoms with Crippen LogP contribution in [0.2, 0.25) is 0 Å². The smallest absolute Gasteiger partial charge is 0.0398 e. The maximum atomic E-state index is 3.55. The summed E-state index contributed by atoms with van der Waals surface area (Å²) in [5.74, 6) is 0.821. The Hall–Kier alpha value is -1.02. The van der Waals surface area contributed by atoms with Gasteiger partial charge in [0, 0.05) is 18.8 Å². The predicted molar refractivity (Wildman–Crippen MR) is 79.3 cm³/mol. The number of aryl methyl sites for hydroxylation is 1. The van der Waals surface area contributed by atoms with E-state index < -0.39 is 0 Å². The summed E-state index contributed by atoms with van der Waals surface area (Å²) in [5, 5.41) is 3.55. The average Bonchev–Trinajstić information content (AvgIpc) is 2.88. The van der Waals surface area contributed by atoms with Crippen molar-refractivity contribution in [2.45, 2.75) is 33.1 Å². The molecule has 1 unspecified atom stereocenters. The minimum Gasteiger partial charge on any atom is -0.371 e. The van der Waals surface area contributed by atoms with Crippen molar-refractivity contribution < 1.29 is 0 Å². The van der Waals surface area contributed by atoms with Crippen molar-refractivity contribution in [2.75, 3.05) is 31.1 Å². The first-order valence-corrected chi connectivity index (χ1v) is 7.38.